The highest BCUT2D eigenvalue weighted by Gasteiger charge is 2.42. The number of thiophene rings is 1. The van der Waals surface area contributed by atoms with E-state index in [4.69, 9.17) is 0 Å². The zero-order chi connectivity index (χ0) is 24.7. The lowest BCUT2D eigenvalue weighted by atomic mass is 9.86. The van der Waals surface area contributed by atoms with Crippen LogP contribution in [0.3, 0.4) is 0 Å². The Morgan fingerprint density at radius 3 is 2.65 bits per heavy atom. The van der Waals surface area contributed by atoms with Gasteiger partial charge in [0.25, 0.3) is 10.0 Å². The van der Waals surface area contributed by atoms with Gasteiger partial charge in [0.15, 0.2) is 15.9 Å². The van der Waals surface area contributed by atoms with Crippen LogP contribution in [0.2, 0.25) is 0 Å². The van der Waals surface area contributed by atoms with Crippen LogP contribution >= 0.6 is 34.8 Å². The van der Waals surface area contributed by atoms with Crippen molar-refractivity contribution in [3.8, 4) is 0 Å². The SMILES string of the molecule is Cc1ccc([C@H](Nc2nsnc2NC2CSC(S(=O)(=O)N3CCCC3CO)=C2O)C(C)(C)C)s1. The third-order valence-corrected chi connectivity index (χ3v) is 11.3. The Hall–Kier alpha value is -1.38. The van der Waals surface area contributed by atoms with Crippen molar-refractivity contribution in [2.24, 2.45) is 5.41 Å². The van der Waals surface area contributed by atoms with E-state index in [0.29, 0.717) is 36.8 Å². The summed E-state index contributed by atoms with van der Waals surface area (Å²) in [4.78, 5) is 2.43. The number of rotatable bonds is 8. The smallest absolute Gasteiger partial charge is 0.252 e. The Bertz CT molecular complexity index is 1150. The number of anilines is 2. The molecule has 0 radical (unpaired) electrons. The fourth-order valence-electron chi connectivity index (χ4n) is 4.19. The van der Waals surface area contributed by atoms with Gasteiger partial charge >= 0.3 is 0 Å². The van der Waals surface area contributed by atoms with E-state index in [2.05, 4.69) is 59.2 Å². The molecule has 13 heteroatoms. The first-order valence-corrected chi connectivity index (χ1v) is 15.1. The average Bonchev–Trinajstić information content (AvgIpc) is 3.54. The van der Waals surface area contributed by atoms with Crippen LogP contribution in [0, 0.1) is 12.3 Å². The monoisotopic (exact) mass is 545 g/mol. The van der Waals surface area contributed by atoms with E-state index in [-0.39, 0.29) is 28.1 Å². The minimum absolute atomic E-state index is 0.000683. The number of aromatic nitrogens is 2. The number of hydrogen-bond donors (Lipinski definition) is 4. The van der Waals surface area contributed by atoms with Gasteiger partial charge in [0, 0.05) is 28.1 Å². The van der Waals surface area contributed by atoms with E-state index in [1.165, 1.54) is 14.1 Å². The Balaban J connectivity index is 1.54. The molecule has 188 valence electrons. The number of sulfonamides is 1. The van der Waals surface area contributed by atoms with E-state index >= 15 is 0 Å². The van der Waals surface area contributed by atoms with Gasteiger partial charge in [0.2, 0.25) is 0 Å². The molecule has 0 amide bonds. The number of nitrogens with one attached hydrogen (secondary N) is 2. The first-order chi connectivity index (χ1) is 16.0. The molecule has 1 saturated heterocycles. The van der Waals surface area contributed by atoms with Gasteiger partial charge in [-0.15, -0.1) is 23.1 Å². The molecular weight excluding hydrogens is 515 g/mol. The van der Waals surface area contributed by atoms with Crippen LogP contribution in [0.1, 0.15) is 49.4 Å². The number of nitrogens with zero attached hydrogens (tertiary/aromatic N) is 3. The lowest BCUT2D eigenvalue weighted by Gasteiger charge is -2.31. The lowest BCUT2D eigenvalue weighted by Crippen LogP contribution is -2.38. The van der Waals surface area contributed by atoms with Crippen LogP contribution in [0.15, 0.2) is 22.1 Å². The maximum Gasteiger partial charge on any atom is 0.252 e. The predicted molar refractivity (Wildman–Crippen MR) is 140 cm³/mol. The van der Waals surface area contributed by atoms with Gasteiger partial charge in [0.05, 0.1) is 30.4 Å². The summed E-state index contributed by atoms with van der Waals surface area (Å²) in [7, 11) is -3.86. The van der Waals surface area contributed by atoms with Crippen LogP contribution in [0.5, 0.6) is 0 Å². The van der Waals surface area contributed by atoms with Crippen LogP contribution in [0.4, 0.5) is 11.6 Å². The lowest BCUT2D eigenvalue weighted by molar-refractivity contribution is 0.214. The number of aryl methyl sites for hydroxylation is 1. The highest BCUT2D eigenvalue weighted by Crippen LogP contribution is 2.42. The molecule has 2 aromatic rings. The van der Waals surface area contributed by atoms with E-state index in [0.717, 1.165) is 23.5 Å². The van der Waals surface area contributed by atoms with Crippen LogP contribution < -0.4 is 10.6 Å². The standard InChI is InChI=1S/C21H31N5O4S4/c1-12-7-8-15(32-12)17(21(2,3)4)23-19-18(24-33-25-19)22-14-11-31-20(16(14)28)34(29,30)26-9-5-6-13(26)10-27/h7-8,13-14,17,27-28H,5-6,9-11H2,1-4H3,(H,22,24)(H,23,25)/t13?,14?,17-/m0/s1. The summed E-state index contributed by atoms with van der Waals surface area (Å²) in [6.07, 6.45) is 1.32. The molecule has 3 atom stereocenters. The predicted octanol–water partition coefficient (Wildman–Crippen LogP) is 4.15. The second kappa shape index (κ2) is 9.94. The Morgan fingerprint density at radius 1 is 1.26 bits per heavy atom. The first-order valence-electron chi connectivity index (χ1n) is 11.1. The van der Waals surface area contributed by atoms with Crippen molar-refractivity contribution >= 4 is 56.5 Å². The second-order valence-electron chi connectivity index (χ2n) is 9.63. The minimum atomic E-state index is -3.86. The van der Waals surface area contributed by atoms with E-state index in [1.54, 1.807) is 11.3 Å². The molecular formula is C21H31N5O4S4. The fraction of sp³-hybridized carbons (Fsp3) is 0.619. The summed E-state index contributed by atoms with van der Waals surface area (Å²) < 4.78 is 36.4. The third-order valence-electron chi connectivity index (χ3n) is 5.99. The molecule has 4 N–H and O–H groups in total. The topological polar surface area (TPSA) is 128 Å². The minimum Gasteiger partial charge on any atom is -0.508 e. The van der Waals surface area contributed by atoms with E-state index in [9.17, 15) is 18.6 Å². The van der Waals surface area contributed by atoms with Crippen molar-refractivity contribution in [2.45, 2.75) is 58.7 Å². The summed E-state index contributed by atoms with van der Waals surface area (Å²) in [5, 5.41) is 27.1. The van der Waals surface area contributed by atoms with Gasteiger partial charge < -0.3 is 20.8 Å². The molecule has 2 aromatic heterocycles. The molecule has 0 bridgehead atoms. The number of hydrogen-bond acceptors (Lipinski definition) is 11. The van der Waals surface area contributed by atoms with Crippen LogP contribution in [0.25, 0.3) is 0 Å². The number of aliphatic hydroxyl groups excluding tert-OH is 2. The zero-order valence-corrected chi connectivity index (χ0v) is 22.9. The van der Waals surface area contributed by atoms with Gasteiger partial charge in [0.1, 0.15) is 5.76 Å². The van der Waals surface area contributed by atoms with E-state index in [1.807, 2.05) is 0 Å². The van der Waals surface area contributed by atoms with Gasteiger partial charge in [-0.1, -0.05) is 20.8 Å². The molecule has 34 heavy (non-hydrogen) atoms. The van der Waals surface area contributed by atoms with Crippen molar-refractivity contribution in [3.05, 3.63) is 31.9 Å². The molecule has 2 aliphatic rings. The van der Waals surface area contributed by atoms with Gasteiger partial charge in [-0.2, -0.15) is 13.1 Å². The molecule has 0 spiro atoms. The largest absolute Gasteiger partial charge is 0.508 e. The van der Waals surface area contributed by atoms with Gasteiger partial charge in [-0.3, -0.25) is 0 Å². The number of aliphatic hydroxyl groups is 2. The molecule has 9 nitrogen and oxygen atoms in total. The average molecular weight is 546 g/mol. The summed E-state index contributed by atoms with van der Waals surface area (Å²) in [6.45, 7) is 8.67. The Morgan fingerprint density at radius 2 is 2.00 bits per heavy atom. The van der Waals surface area contributed by atoms with E-state index < -0.39 is 22.1 Å². The van der Waals surface area contributed by atoms with Crippen LogP contribution in [-0.2, 0) is 10.0 Å². The maximum atomic E-state index is 13.2. The summed E-state index contributed by atoms with van der Waals surface area (Å²) in [5.74, 6) is 1.19. The molecule has 4 heterocycles. The Kier molecular flexibility index (Phi) is 7.51. The molecule has 0 saturated carbocycles. The molecule has 2 aliphatic heterocycles. The normalized spacial score (nSPS) is 23.0. The summed E-state index contributed by atoms with van der Waals surface area (Å²) in [5.41, 5.74) is -0.0936. The van der Waals surface area contributed by atoms with Gasteiger partial charge in [-0.05, 0) is 37.3 Å². The van der Waals surface area contributed by atoms with Crippen molar-refractivity contribution in [1.29, 1.82) is 0 Å². The van der Waals surface area contributed by atoms with Gasteiger partial charge in [-0.25, -0.2) is 8.42 Å². The van der Waals surface area contributed by atoms with Crippen molar-refractivity contribution in [1.82, 2.24) is 13.1 Å². The highest BCUT2D eigenvalue weighted by molar-refractivity contribution is 8.18. The molecule has 2 unspecified atom stereocenters. The summed E-state index contributed by atoms with van der Waals surface area (Å²) in [6, 6.07) is 3.17. The molecule has 1 fully saturated rings. The van der Waals surface area contributed by atoms with Crippen LogP contribution in [-0.4, -0.2) is 62.7 Å². The molecule has 0 aliphatic carbocycles. The quantitative estimate of drug-likeness (QED) is 0.387. The zero-order valence-electron chi connectivity index (χ0n) is 19.6. The van der Waals surface area contributed by atoms with Crippen molar-refractivity contribution < 1.29 is 18.6 Å². The summed E-state index contributed by atoms with van der Waals surface area (Å²) >= 11 is 3.89. The third kappa shape index (κ3) is 5.09. The second-order valence-corrected chi connectivity index (χ2v) is 14.6. The van der Waals surface area contributed by atoms with Crippen molar-refractivity contribution in [2.75, 3.05) is 29.5 Å². The maximum absolute atomic E-state index is 13.2. The molecule has 4 rings (SSSR count). The molecule has 0 aromatic carbocycles. The first kappa shape index (κ1) is 25.7. The number of thioether (sulfide) groups is 1. The fourth-order valence-corrected chi connectivity index (χ4v) is 9.33. The Labute approximate surface area is 213 Å². The van der Waals surface area contributed by atoms with Crippen molar-refractivity contribution in [3.63, 3.8) is 0 Å². The highest BCUT2D eigenvalue weighted by atomic mass is 32.3.